The van der Waals surface area contributed by atoms with Crippen molar-refractivity contribution in [2.45, 2.75) is 0 Å². The van der Waals surface area contributed by atoms with Crippen molar-refractivity contribution >= 4 is 52.5 Å². The summed E-state index contributed by atoms with van der Waals surface area (Å²) in [5.74, 6) is -0.821. The van der Waals surface area contributed by atoms with E-state index in [1.54, 1.807) is 91.0 Å². The zero-order valence-corrected chi connectivity index (χ0v) is 31.1. The number of benzene rings is 6. The Morgan fingerprint density at radius 1 is 0.531 bits per heavy atom. The Morgan fingerprint density at radius 3 is 1.04 bits per heavy atom. The number of hydrogen-bond acceptors (Lipinski definition) is 6. The van der Waals surface area contributed by atoms with Crippen LogP contribution in [0.3, 0.4) is 0 Å². The van der Waals surface area contributed by atoms with Crippen molar-refractivity contribution in [2.24, 2.45) is 0 Å². The summed E-state index contributed by atoms with van der Waals surface area (Å²) in [6, 6.07) is 57.5. The molecule has 6 nitrogen and oxygen atoms in total. The summed E-state index contributed by atoms with van der Waals surface area (Å²) < 4.78 is 46.7. The van der Waals surface area contributed by atoms with Gasteiger partial charge < -0.3 is 0 Å². The van der Waals surface area contributed by atoms with Crippen molar-refractivity contribution < 1.29 is 60.2 Å². The standard InChI is InChI=1S/C21H19ClO6P.C18H15P.Au/c1-27-21(23)17-29(28-22(24,25)26,18-11-5-2-6-12-18,19-13-7-3-8-14-19)20-15-9-4-10-16-20;1-4-10-16(11-5-1)19(17-12-6-2-7-13-17)18-14-8-3-9-15-18;/h2-17H,1H3;1-15H;/q-1;;+1. The Hall–Kier alpha value is -3.61. The molecule has 0 aromatic heterocycles. The van der Waals surface area contributed by atoms with Crippen molar-refractivity contribution in [3.63, 3.8) is 0 Å². The third-order valence-corrected chi connectivity index (χ3v) is 16.6. The van der Waals surface area contributed by atoms with Gasteiger partial charge in [-0.2, -0.15) is 0 Å². The summed E-state index contributed by atoms with van der Waals surface area (Å²) >= 11 is 0. The molecule has 6 rings (SSSR count). The van der Waals surface area contributed by atoms with Gasteiger partial charge in [-0.05, 0) is 23.8 Å². The van der Waals surface area contributed by atoms with Crippen LogP contribution in [0.5, 0.6) is 0 Å². The van der Waals surface area contributed by atoms with Crippen LogP contribution < -0.4 is 45.8 Å². The van der Waals surface area contributed by atoms with Gasteiger partial charge in [-0.3, -0.25) is 0 Å². The second kappa shape index (κ2) is 17.4. The van der Waals surface area contributed by atoms with E-state index in [0.717, 1.165) is 6.16 Å². The minimum atomic E-state index is -4.94. The molecule has 0 atom stereocenters. The van der Waals surface area contributed by atoms with Crippen molar-refractivity contribution in [3.05, 3.63) is 188 Å². The van der Waals surface area contributed by atoms with Gasteiger partial charge in [0.1, 0.15) is 0 Å². The first-order valence-corrected chi connectivity index (χ1v) is 19.8. The van der Waals surface area contributed by atoms with Gasteiger partial charge in [0.05, 0.1) is 0 Å². The number of esters is 1. The van der Waals surface area contributed by atoms with Crippen LogP contribution in [0.1, 0.15) is 0 Å². The maximum Gasteiger partial charge on any atom is 1.00 e. The molecule has 0 saturated heterocycles. The van der Waals surface area contributed by atoms with Crippen LogP contribution in [0.15, 0.2) is 182 Å². The van der Waals surface area contributed by atoms with E-state index in [9.17, 15) is 18.8 Å². The van der Waals surface area contributed by atoms with E-state index in [-0.39, 0.29) is 22.4 Å². The van der Waals surface area contributed by atoms with Gasteiger partial charge in [0.25, 0.3) is 0 Å². The largest absolute Gasteiger partial charge is 1.00 e. The van der Waals surface area contributed by atoms with Gasteiger partial charge in [0.2, 0.25) is 0 Å². The maximum atomic E-state index is 12.6. The van der Waals surface area contributed by atoms with Gasteiger partial charge in [0, 0.05) is 0 Å². The van der Waals surface area contributed by atoms with Crippen LogP contribution in [-0.4, -0.2) is 13.1 Å². The number of ether oxygens (including phenoxy) is 1. The van der Waals surface area contributed by atoms with Crippen LogP contribution in [0.4, 0.5) is 0 Å². The van der Waals surface area contributed by atoms with Crippen LogP contribution in [0, 0.1) is 16.4 Å². The monoisotopic (exact) mass is 892 g/mol. The molecule has 0 aliphatic rings. The normalized spacial score (nSPS) is 11.9. The van der Waals surface area contributed by atoms with Crippen LogP contribution in [0.2, 0.25) is 0 Å². The first-order valence-electron chi connectivity index (χ1n) is 15.0. The van der Waals surface area contributed by atoms with Gasteiger partial charge >= 0.3 is 193 Å². The van der Waals surface area contributed by atoms with Crippen molar-refractivity contribution in [2.75, 3.05) is 7.11 Å². The minimum absolute atomic E-state index is 0. The van der Waals surface area contributed by atoms with E-state index >= 15 is 0 Å². The first kappa shape index (κ1) is 38.2. The third kappa shape index (κ3) is 8.77. The molecule has 0 amide bonds. The predicted molar refractivity (Wildman–Crippen MR) is 188 cm³/mol. The number of carbonyl (C=O) groups is 1. The van der Waals surface area contributed by atoms with Gasteiger partial charge in [0.15, 0.2) is 0 Å². The third-order valence-electron chi connectivity index (χ3n) is 7.63. The minimum Gasteiger partial charge on any atom is -0.0622 e. The number of hydrogen-bond donors (Lipinski definition) is 0. The van der Waals surface area contributed by atoms with E-state index in [0.29, 0.717) is 15.9 Å². The molecule has 0 heterocycles. The predicted octanol–water partition coefficient (Wildman–Crippen LogP) is 3.12. The molecule has 0 aliphatic carbocycles. The summed E-state index contributed by atoms with van der Waals surface area (Å²) in [5, 5.41) is 5.30. The smallest absolute Gasteiger partial charge is 0.0622 e. The van der Waals surface area contributed by atoms with Crippen LogP contribution in [-0.2, 0) is 36.0 Å². The summed E-state index contributed by atoms with van der Waals surface area (Å²) in [6.07, 6.45) is 1.11. The molecule has 49 heavy (non-hydrogen) atoms. The van der Waals surface area contributed by atoms with Gasteiger partial charge in [-0.15, -0.1) is 0 Å². The summed E-state index contributed by atoms with van der Waals surface area (Å²) in [6.45, 7) is -4.73. The van der Waals surface area contributed by atoms with Gasteiger partial charge in [-0.1, -0.05) is 91.0 Å². The van der Waals surface area contributed by atoms with E-state index in [2.05, 4.69) is 91.0 Å². The number of halogens is 1. The molecular formula is C39H34AuClO6P2. The molecule has 0 N–H and O–H groups in total. The van der Waals surface area contributed by atoms with E-state index in [1.165, 1.54) is 23.0 Å². The number of rotatable bonds is 10. The Kier molecular flexibility index (Phi) is 13.5. The van der Waals surface area contributed by atoms with Crippen LogP contribution >= 0.6 is 14.8 Å². The topological polar surface area (TPSA) is 105 Å². The summed E-state index contributed by atoms with van der Waals surface area (Å²) in [4.78, 5) is 12.6. The average molecular weight is 893 g/mol. The molecule has 6 aromatic rings. The zero-order chi connectivity index (χ0) is 33.9. The Balaban J connectivity index is 0.000000234. The Labute approximate surface area is 306 Å². The van der Waals surface area contributed by atoms with E-state index in [1.807, 2.05) is 0 Å². The quantitative estimate of drug-likeness (QED) is 0.0908. The van der Waals surface area contributed by atoms with Crippen molar-refractivity contribution in [3.8, 4) is 0 Å². The average Bonchev–Trinajstić information content (AvgIpc) is 3.14. The fraction of sp³-hybridized carbons (Fsp3) is 0.0256. The van der Waals surface area contributed by atoms with Crippen LogP contribution in [0.25, 0.3) is 0 Å². The molecule has 10 heteroatoms. The molecular weight excluding hydrogens is 859 g/mol. The number of methoxy groups -OCH3 is 1. The van der Waals surface area contributed by atoms with Gasteiger partial charge in [-0.25, -0.2) is 0 Å². The molecule has 0 spiro atoms. The second-order valence-corrected chi connectivity index (χ2v) is 18.1. The summed E-state index contributed by atoms with van der Waals surface area (Å²) in [5.41, 5.74) is 0. The summed E-state index contributed by atoms with van der Waals surface area (Å²) in [7, 11) is -4.21. The second-order valence-electron chi connectivity index (χ2n) is 10.5. The first-order chi connectivity index (χ1) is 23.3. The molecule has 0 aliphatic heterocycles. The molecule has 6 aromatic carbocycles. The SMILES string of the molecule is COC(=O)[CH-]P(O[Cl+3]([O-])([O-])[O-])(c1ccccc1)(c1ccccc1)c1ccccc1.[Au+].c1ccc(P(c2ccccc2)c2ccccc2)cc1. The fourth-order valence-corrected chi connectivity index (χ4v) is 14.6. The fourth-order valence-electron chi connectivity index (χ4n) is 5.59. The Morgan fingerprint density at radius 2 is 0.796 bits per heavy atom. The zero-order valence-electron chi connectivity index (χ0n) is 26.4. The molecule has 0 radical (unpaired) electrons. The molecule has 0 unspecified atom stereocenters. The van der Waals surface area contributed by atoms with E-state index in [4.69, 9.17) is 8.81 Å². The van der Waals surface area contributed by atoms with E-state index < -0.39 is 31.0 Å². The molecule has 0 saturated carbocycles. The van der Waals surface area contributed by atoms with Crippen molar-refractivity contribution in [1.29, 1.82) is 0 Å². The molecule has 0 fully saturated rings. The molecule has 254 valence electrons. The Bertz CT molecular complexity index is 1670. The van der Waals surface area contributed by atoms with Crippen molar-refractivity contribution in [1.82, 2.24) is 0 Å². The number of carbonyl (C=O) groups excluding carboxylic acids is 1. The maximum absolute atomic E-state index is 12.6. The molecule has 0 bridgehead atoms.